The zero-order valence-corrected chi connectivity index (χ0v) is 20.8. The Labute approximate surface area is 204 Å². The Bertz CT molecular complexity index is 1310. The third kappa shape index (κ3) is 4.14. The van der Waals surface area contributed by atoms with Gasteiger partial charge in [0.15, 0.2) is 11.0 Å². The van der Waals surface area contributed by atoms with Crippen molar-refractivity contribution >= 4 is 33.4 Å². The Kier molecular flexibility index (Phi) is 6.22. The topological polar surface area (TPSA) is 88.4 Å². The second-order valence-corrected chi connectivity index (χ2v) is 11.6. The SMILES string of the molecule is C[C@H]1Cc2ccccc2N1C(=O)CSc1nnc(-c2ccc(S(=O)(=O)N3CCCC3)cc2)n1C. The van der Waals surface area contributed by atoms with Gasteiger partial charge in [0.1, 0.15) is 0 Å². The van der Waals surface area contributed by atoms with Gasteiger partial charge in [0, 0.05) is 37.4 Å². The van der Waals surface area contributed by atoms with Crippen LogP contribution in [0.5, 0.6) is 0 Å². The minimum atomic E-state index is -3.45. The number of nitrogens with zero attached hydrogens (tertiary/aromatic N) is 5. The second kappa shape index (κ2) is 9.16. The Hall–Kier alpha value is -2.69. The second-order valence-electron chi connectivity index (χ2n) is 8.74. The van der Waals surface area contributed by atoms with Crippen molar-refractivity contribution in [3.8, 4) is 11.4 Å². The van der Waals surface area contributed by atoms with Gasteiger partial charge in [-0.15, -0.1) is 10.2 Å². The van der Waals surface area contributed by atoms with E-state index in [9.17, 15) is 13.2 Å². The van der Waals surface area contributed by atoms with Crippen LogP contribution < -0.4 is 4.90 Å². The summed E-state index contributed by atoms with van der Waals surface area (Å²) in [5.41, 5.74) is 2.96. The van der Waals surface area contributed by atoms with Gasteiger partial charge < -0.3 is 9.47 Å². The van der Waals surface area contributed by atoms with Crippen LogP contribution in [0.1, 0.15) is 25.3 Å². The van der Waals surface area contributed by atoms with E-state index in [1.807, 2.05) is 34.7 Å². The van der Waals surface area contributed by atoms with E-state index in [2.05, 4.69) is 23.2 Å². The van der Waals surface area contributed by atoms with Crippen LogP contribution in [0.3, 0.4) is 0 Å². The molecule has 34 heavy (non-hydrogen) atoms. The molecule has 2 aromatic carbocycles. The van der Waals surface area contributed by atoms with Crippen LogP contribution in [-0.2, 0) is 28.3 Å². The van der Waals surface area contributed by atoms with Crippen LogP contribution in [0.25, 0.3) is 11.4 Å². The first-order valence-electron chi connectivity index (χ1n) is 11.4. The summed E-state index contributed by atoms with van der Waals surface area (Å²) < 4.78 is 28.9. The predicted octanol–water partition coefficient (Wildman–Crippen LogP) is 3.34. The highest BCUT2D eigenvalue weighted by Gasteiger charge is 2.31. The van der Waals surface area contributed by atoms with E-state index in [4.69, 9.17) is 0 Å². The van der Waals surface area contributed by atoms with Crippen LogP contribution >= 0.6 is 11.8 Å². The molecule has 0 N–H and O–H groups in total. The van der Waals surface area contributed by atoms with Crippen LogP contribution in [0.15, 0.2) is 58.6 Å². The summed E-state index contributed by atoms with van der Waals surface area (Å²) in [6.07, 6.45) is 2.68. The third-order valence-corrected chi connectivity index (χ3v) is 9.37. The van der Waals surface area contributed by atoms with Gasteiger partial charge >= 0.3 is 0 Å². The van der Waals surface area contributed by atoms with Gasteiger partial charge in [0.05, 0.1) is 10.6 Å². The standard InChI is InChI=1S/C24H27N5O3S2/c1-17-15-19-7-3-4-8-21(19)29(17)22(30)16-33-24-26-25-23(27(24)2)18-9-11-20(12-10-18)34(31,32)28-13-5-6-14-28/h3-4,7-12,17H,5-6,13-16H2,1-2H3/t17-/m0/s1. The molecule has 10 heteroatoms. The Morgan fingerprint density at radius 3 is 2.50 bits per heavy atom. The van der Waals surface area contributed by atoms with Crippen molar-refractivity contribution in [1.82, 2.24) is 19.1 Å². The van der Waals surface area contributed by atoms with Gasteiger partial charge in [-0.25, -0.2) is 8.42 Å². The lowest BCUT2D eigenvalue weighted by molar-refractivity contribution is -0.116. The first-order chi connectivity index (χ1) is 16.4. The van der Waals surface area contributed by atoms with Crippen LogP contribution in [0.4, 0.5) is 5.69 Å². The highest BCUT2D eigenvalue weighted by atomic mass is 32.2. The maximum atomic E-state index is 13.0. The molecular formula is C24H27N5O3S2. The maximum absolute atomic E-state index is 13.0. The summed E-state index contributed by atoms with van der Waals surface area (Å²) in [7, 11) is -1.60. The molecule has 1 atom stereocenters. The lowest BCUT2D eigenvalue weighted by atomic mass is 10.1. The molecule has 1 aromatic heterocycles. The number of aromatic nitrogens is 3. The number of anilines is 1. The minimum Gasteiger partial charge on any atom is -0.308 e. The smallest absolute Gasteiger partial charge is 0.243 e. The lowest BCUT2D eigenvalue weighted by Crippen LogP contribution is -2.37. The van der Waals surface area contributed by atoms with E-state index < -0.39 is 10.0 Å². The van der Waals surface area contributed by atoms with E-state index in [1.165, 1.54) is 21.6 Å². The molecule has 0 bridgehead atoms. The molecule has 178 valence electrons. The quantitative estimate of drug-likeness (QED) is 0.486. The van der Waals surface area contributed by atoms with E-state index in [0.717, 1.165) is 30.5 Å². The van der Waals surface area contributed by atoms with E-state index in [1.54, 1.807) is 24.3 Å². The molecule has 1 fully saturated rings. The Morgan fingerprint density at radius 1 is 1.06 bits per heavy atom. The molecular weight excluding hydrogens is 470 g/mol. The van der Waals surface area contributed by atoms with Crippen molar-refractivity contribution in [2.24, 2.45) is 7.05 Å². The largest absolute Gasteiger partial charge is 0.308 e. The van der Waals surface area contributed by atoms with Gasteiger partial charge in [-0.1, -0.05) is 30.0 Å². The first kappa shape index (κ1) is 23.1. The number of thioether (sulfide) groups is 1. The fourth-order valence-electron chi connectivity index (χ4n) is 4.69. The monoisotopic (exact) mass is 497 g/mol. The number of carbonyl (C=O) groups is 1. The molecule has 8 nitrogen and oxygen atoms in total. The Morgan fingerprint density at radius 2 is 1.76 bits per heavy atom. The van der Waals surface area contributed by atoms with Crippen molar-refractivity contribution < 1.29 is 13.2 Å². The van der Waals surface area contributed by atoms with E-state index in [-0.39, 0.29) is 17.7 Å². The number of hydrogen-bond donors (Lipinski definition) is 0. The summed E-state index contributed by atoms with van der Waals surface area (Å²) in [5, 5.41) is 9.19. The molecule has 0 unspecified atom stereocenters. The minimum absolute atomic E-state index is 0.0449. The third-order valence-electron chi connectivity index (χ3n) is 6.45. The summed E-state index contributed by atoms with van der Waals surface area (Å²) in [6, 6.07) is 14.9. The highest BCUT2D eigenvalue weighted by molar-refractivity contribution is 7.99. The number of fused-ring (bicyclic) bond motifs is 1. The fourth-order valence-corrected chi connectivity index (χ4v) is 6.97. The number of hydrogen-bond acceptors (Lipinski definition) is 6. The molecule has 1 saturated heterocycles. The Balaban J connectivity index is 1.28. The number of sulfonamides is 1. The van der Waals surface area contributed by atoms with Crippen LogP contribution in [0.2, 0.25) is 0 Å². The maximum Gasteiger partial charge on any atom is 0.243 e. The zero-order valence-electron chi connectivity index (χ0n) is 19.2. The number of para-hydroxylation sites is 1. The zero-order chi connectivity index (χ0) is 23.9. The van der Waals surface area contributed by atoms with Crippen molar-refractivity contribution in [2.45, 2.75) is 42.3 Å². The van der Waals surface area contributed by atoms with Gasteiger partial charge in [0.25, 0.3) is 0 Å². The average Bonchev–Trinajstić information content (AvgIpc) is 3.56. The number of amides is 1. The summed E-state index contributed by atoms with van der Waals surface area (Å²) in [4.78, 5) is 15.2. The lowest BCUT2D eigenvalue weighted by Gasteiger charge is -2.22. The molecule has 3 heterocycles. The molecule has 0 aliphatic carbocycles. The van der Waals surface area contributed by atoms with Gasteiger partial charge in [0.2, 0.25) is 15.9 Å². The highest BCUT2D eigenvalue weighted by Crippen LogP contribution is 2.33. The molecule has 5 rings (SSSR count). The van der Waals surface area contributed by atoms with Crippen LogP contribution in [0, 0.1) is 0 Å². The van der Waals surface area contributed by atoms with Gasteiger partial charge in [-0.3, -0.25) is 4.79 Å². The summed E-state index contributed by atoms with van der Waals surface area (Å²) >= 11 is 1.35. The molecule has 0 saturated carbocycles. The van der Waals surface area contributed by atoms with Crippen LogP contribution in [-0.4, -0.2) is 58.3 Å². The summed E-state index contributed by atoms with van der Waals surface area (Å²) in [5.74, 6) is 0.931. The molecule has 2 aliphatic rings. The van der Waals surface area contributed by atoms with Crippen molar-refractivity contribution in [1.29, 1.82) is 0 Å². The predicted molar refractivity (Wildman–Crippen MR) is 132 cm³/mol. The number of benzene rings is 2. The molecule has 3 aromatic rings. The van der Waals surface area contributed by atoms with Crippen molar-refractivity contribution in [3.63, 3.8) is 0 Å². The molecule has 2 aliphatic heterocycles. The number of carbonyl (C=O) groups excluding carboxylic acids is 1. The van der Waals surface area contributed by atoms with Gasteiger partial charge in [-0.05, 0) is 62.1 Å². The first-order valence-corrected chi connectivity index (χ1v) is 13.8. The molecule has 0 radical (unpaired) electrons. The molecule has 0 spiro atoms. The normalized spacial score (nSPS) is 18.4. The van der Waals surface area contributed by atoms with Crippen molar-refractivity contribution in [2.75, 3.05) is 23.7 Å². The van der Waals surface area contributed by atoms with Crippen molar-refractivity contribution in [3.05, 3.63) is 54.1 Å². The van der Waals surface area contributed by atoms with E-state index >= 15 is 0 Å². The average molecular weight is 498 g/mol. The fraction of sp³-hybridized carbons (Fsp3) is 0.375. The summed E-state index contributed by atoms with van der Waals surface area (Å²) in [6.45, 7) is 3.22. The van der Waals surface area contributed by atoms with Gasteiger partial charge in [-0.2, -0.15) is 4.31 Å². The van der Waals surface area contributed by atoms with E-state index in [0.29, 0.717) is 29.0 Å². The number of rotatable bonds is 6. The molecule has 1 amide bonds.